The topological polar surface area (TPSA) is 67.3 Å². The summed E-state index contributed by atoms with van der Waals surface area (Å²) in [6.07, 6.45) is 10.5. The van der Waals surface area contributed by atoms with Crippen LogP contribution in [-0.2, 0) is 11.3 Å². The lowest BCUT2D eigenvalue weighted by Crippen LogP contribution is -2.53. The van der Waals surface area contributed by atoms with E-state index < -0.39 is 5.60 Å². The molecule has 7 heteroatoms. The zero-order chi connectivity index (χ0) is 27.0. The highest BCUT2D eigenvalue weighted by molar-refractivity contribution is 5.95. The number of carbonyl (C=O) groups excluding carboxylic acids is 2. The largest absolute Gasteiger partial charge is 0.380 e. The maximum atomic E-state index is 13.2. The van der Waals surface area contributed by atoms with Gasteiger partial charge < -0.3 is 19.9 Å². The summed E-state index contributed by atoms with van der Waals surface area (Å²) in [4.78, 5) is 29.1. The quantitative estimate of drug-likeness (QED) is 0.600. The molecule has 6 rings (SSSR count). The fourth-order valence-corrected chi connectivity index (χ4v) is 6.68. The number of fused-ring (bicyclic) bond motifs is 1. The molecule has 2 amide bonds. The Morgan fingerprint density at radius 2 is 1.46 bits per heavy atom. The van der Waals surface area contributed by atoms with Gasteiger partial charge in [-0.2, -0.15) is 0 Å². The summed E-state index contributed by atoms with van der Waals surface area (Å²) in [6.45, 7) is 6.17. The first kappa shape index (κ1) is 26.3. The molecule has 2 saturated carbocycles. The normalized spacial score (nSPS) is 21.8. The third-order valence-electron chi connectivity index (χ3n) is 9.24. The first-order chi connectivity index (χ1) is 19.0. The molecule has 4 aliphatic rings. The Bertz CT molecular complexity index is 1190. The van der Waals surface area contributed by atoms with E-state index in [0.29, 0.717) is 50.6 Å². The predicted octanol–water partition coefficient (Wildman–Crippen LogP) is 4.83. The van der Waals surface area contributed by atoms with Crippen molar-refractivity contribution in [2.75, 3.05) is 37.7 Å². The molecule has 0 radical (unpaired) electrons. The standard InChI is InChI=1S/C32H42N4O3/c1-2-35-29-15-14-26(22-27(29)23-36(35)28-8-6-4-3-5-7-9-28)24-10-12-25(13-11-24)30(37)33-18-20-34(21-19-33)31(38)32(39)16-17-32/h10-15,22,28,39H,2-9,16-21,23H2,1H3. The van der Waals surface area contributed by atoms with Crippen molar-refractivity contribution in [3.05, 3.63) is 53.6 Å². The van der Waals surface area contributed by atoms with Crippen molar-refractivity contribution in [2.45, 2.75) is 82.9 Å². The number of hydrogen-bond donors (Lipinski definition) is 1. The molecule has 0 bridgehead atoms. The second-order valence-corrected chi connectivity index (χ2v) is 11.8. The van der Waals surface area contributed by atoms with Gasteiger partial charge in [0.2, 0.25) is 0 Å². The van der Waals surface area contributed by atoms with E-state index in [-0.39, 0.29) is 11.8 Å². The van der Waals surface area contributed by atoms with Gasteiger partial charge in [-0.05, 0) is 73.6 Å². The maximum Gasteiger partial charge on any atom is 0.254 e. The van der Waals surface area contributed by atoms with Gasteiger partial charge in [0.15, 0.2) is 0 Å². The molecule has 7 nitrogen and oxygen atoms in total. The van der Waals surface area contributed by atoms with Crippen LogP contribution in [0.3, 0.4) is 0 Å². The van der Waals surface area contributed by atoms with Gasteiger partial charge >= 0.3 is 0 Å². The summed E-state index contributed by atoms with van der Waals surface area (Å²) >= 11 is 0. The van der Waals surface area contributed by atoms with Crippen molar-refractivity contribution in [3.63, 3.8) is 0 Å². The number of anilines is 1. The molecule has 0 spiro atoms. The average molecular weight is 531 g/mol. The number of piperazine rings is 1. The lowest BCUT2D eigenvalue weighted by molar-refractivity contribution is -0.143. The van der Waals surface area contributed by atoms with E-state index >= 15 is 0 Å². The molecule has 1 N–H and O–H groups in total. The van der Waals surface area contributed by atoms with Crippen LogP contribution in [0.1, 0.15) is 80.6 Å². The Hall–Kier alpha value is -2.90. The van der Waals surface area contributed by atoms with Gasteiger partial charge in [-0.3, -0.25) is 9.59 Å². The van der Waals surface area contributed by atoms with E-state index in [1.54, 1.807) is 4.90 Å². The van der Waals surface area contributed by atoms with E-state index in [4.69, 9.17) is 0 Å². The Balaban J connectivity index is 1.11. The number of hydrogen-bond acceptors (Lipinski definition) is 5. The number of nitrogens with zero attached hydrogens (tertiary/aromatic N) is 4. The molecular weight excluding hydrogens is 488 g/mol. The SMILES string of the molecule is CCN1c2ccc(-c3ccc(C(=O)N4CCN(C(=O)C5(O)CC5)CC4)cc3)cc2CN1C1CCCCCCC1. The Labute approximate surface area is 232 Å². The summed E-state index contributed by atoms with van der Waals surface area (Å²) in [6, 6.07) is 15.4. The van der Waals surface area contributed by atoms with Crippen LogP contribution in [0.4, 0.5) is 5.69 Å². The summed E-state index contributed by atoms with van der Waals surface area (Å²) in [5, 5.41) is 15.2. The van der Waals surface area contributed by atoms with Gasteiger partial charge in [0.1, 0.15) is 5.60 Å². The second kappa shape index (κ2) is 10.9. The van der Waals surface area contributed by atoms with Gasteiger partial charge in [0, 0.05) is 50.9 Å². The van der Waals surface area contributed by atoms with Gasteiger partial charge in [-0.1, -0.05) is 50.3 Å². The third kappa shape index (κ3) is 5.31. The summed E-state index contributed by atoms with van der Waals surface area (Å²) < 4.78 is 0. The maximum absolute atomic E-state index is 13.2. The fraction of sp³-hybridized carbons (Fsp3) is 0.562. The number of amides is 2. The fourth-order valence-electron chi connectivity index (χ4n) is 6.68. The van der Waals surface area contributed by atoms with Crippen LogP contribution in [0.2, 0.25) is 0 Å². The van der Waals surface area contributed by atoms with E-state index in [0.717, 1.165) is 18.7 Å². The highest BCUT2D eigenvalue weighted by Crippen LogP contribution is 2.38. The molecule has 2 aliphatic heterocycles. The van der Waals surface area contributed by atoms with Crippen LogP contribution in [0.25, 0.3) is 11.1 Å². The van der Waals surface area contributed by atoms with Crippen molar-refractivity contribution in [1.82, 2.24) is 14.8 Å². The molecule has 39 heavy (non-hydrogen) atoms. The van der Waals surface area contributed by atoms with Crippen LogP contribution < -0.4 is 5.01 Å². The lowest BCUT2D eigenvalue weighted by atomic mass is 9.96. The smallest absolute Gasteiger partial charge is 0.254 e. The highest BCUT2D eigenvalue weighted by Gasteiger charge is 2.50. The zero-order valence-corrected chi connectivity index (χ0v) is 23.3. The van der Waals surface area contributed by atoms with Gasteiger partial charge in [-0.25, -0.2) is 5.01 Å². The van der Waals surface area contributed by atoms with Crippen LogP contribution in [-0.4, -0.2) is 76.1 Å². The average Bonchev–Trinajstić information content (AvgIpc) is 3.60. The molecular formula is C32H42N4O3. The van der Waals surface area contributed by atoms with E-state index in [9.17, 15) is 14.7 Å². The number of rotatable bonds is 5. The molecule has 208 valence electrons. The first-order valence-electron chi connectivity index (χ1n) is 15.1. The van der Waals surface area contributed by atoms with Crippen LogP contribution >= 0.6 is 0 Å². The molecule has 3 fully saturated rings. The van der Waals surface area contributed by atoms with Crippen LogP contribution in [0, 0.1) is 0 Å². The van der Waals surface area contributed by atoms with Crippen molar-refractivity contribution in [3.8, 4) is 11.1 Å². The lowest BCUT2D eigenvalue weighted by Gasteiger charge is -2.37. The molecule has 0 unspecified atom stereocenters. The minimum Gasteiger partial charge on any atom is -0.380 e. The first-order valence-corrected chi connectivity index (χ1v) is 15.1. The Morgan fingerprint density at radius 1 is 0.846 bits per heavy atom. The number of aliphatic hydroxyl groups is 1. The minimum atomic E-state index is -1.14. The van der Waals surface area contributed by atoms with Crippen LogP contribution in [0.15, 0.2) is 42.5 Å². The molecule has 2 aromatic rings. The summed E-state index contributed by atoms with van der Waals surface area (Å²) in [7, 11) is 0. The van der Waals surface area contributed by atoms with E-state index in [2.05, 4.69) is 47.3 Å². The second-order valence-electron chi connectivity index (χ2n) is 11.8. The van der Waals surface area contributed by atoms with Crippen molar-refractivity contribution in [1.29, 1.82) is 0 Å². The molecule has 2 aliphatic carbocycles. The number of carbonyl (C=O) groups is 2. The summed E-state index contributed by atoms with van der Waals surface area (Å²) in [5.41, 5.74) is 4.57. The van der Waals surface area contributed by atoms with Gasteiger partial charge in [0.25, 0.3) is 11.8 Å². The van der Waals surface area contributed by atoms with Gasteiger partial charge in [0.05, 0.1) is 5.69 Å². The molecule has 0 aromatic heterocycles. The van der Waals surface area contributed by atoms with E-state index in [1.165, 1.54) is 61.8 Å². The van der Waals surface area contributed by atoms with Crippen LogP contribution in [0.5, 0.6) is 0 Å². The van der Waals surface area contributed by atoms with Crippen molar-refractivity contribution >= 4 is 17.5 Å². The number of benzene rings is 2. The molecule has 2 aromatic carbocycles. The Morgan fingerprint density at radius 3 is 2.10 bits per heavy atom. The monoisotopic (exact) mass is 530 g/mol. The minimum absolute atomic E-state index is 0.00108. The van der Waals surface area contributed by atoms with Gasteiger partial charge in [-0.15, -0.1) is 0 Å². The van der Waals surface area contributed by atoms with Crippen molar-refractivity contribution < 1.29 is 14.7 Å². The zero-order valence-electron chi connectivity index (χ0n) is 23.3. The van der Waals surface area contributed by atoms with E-state index in [1.807, 2.05) is 17.0 Å². The Kier molecular flexibility index (Phi) is 7.38. The number of hydrazine groups is 1. The summed E-state index contributed by atoms with van der Waals surface area (Å²) in [5.74, 6) is -0.177. The molecule has 2 heterocycles. The molecule has 1 saturated heterocycles. The third-order valence-corrected chi connectivity index (χ3v) is 9.24. The van der Waals surface area contributed by atoms with Crippen molar-refractivity contribution in [2.24, 2.45) is 0 Å². The highest BCUT2D eigenvalue weighted by atomic mass is 16.3. The molecule has 0 atom stereocenters. The predicted molar refractivity (Wildman–Crippen MR) is 153 cm³/mol.